The van der Waals surface area contributed by atoms with E-state index in [9.17, 15) is 0 Å². The first-order valence-corrected chi connectivity index (χ1v) is 6.67. The van der Waals surface area contributed by atoms with Crippen molar-refractivity contribution in [2.75, 3.05) is 0 Å². The molecule has 1 aromatic carbocycles. The molecular weight excluding hydrogens is 300 g/mol. The van der Waals surface area contributed by atoms with E-state index < -0.39 is 0 Å². The van der Waals surface area contributed by atoms with E-state index in [4.69, 9.17) is 5.11 Å². The molecule has 0 aliphatic heterocycles. The van der Waals surface area contributed by atoms with Crippen LogP contribution in [0.3, 0.4) is 0 Å². The lowest BCUT2D eigenvalue weighted by atomic mass is 10.2. The Hall–Kier alpha value is -0.910. The molecule has 2 rings (SSSR count). The predicted molar refractivity (Wildman–Crippen MR) is 71.0 cm³/mol. The zero-order valence-electron chi connectivity index (χ0n) is 9.22. The molecule has 0 saturated heterocycles. The Morgan fingerprint density at radius 2 is 2.18 bits per heavy atom. The van der Waals surface area contributed by atoms with E-state index in [0.717, 1.165) is 25.8 Å². The Balaban J connectivity index is 2.22. The first kappa shape index (κ1) is 12.5. The second kappa shape index (κ2) is 5.62. The molecule has 0 saturated carbocycles. The fraction of sp³-hybridized carbons (Fsp3) is 0.167. The number of aliphatic hydroxyl groups is 1. The highest BCUT2D eigenvalue weighted by atomic mass is 79.9. The van der Waals surface area contributed by atoms with Crippen LogP contribution in [0.1, 0.15) is 11.3 Å². The van der Waals surface area contributed by atoms with Crippen LogP contribution in [0.2, 0.25) is 0 Å². The highest BCUT2D eigenvalue weighted by Gasteiger charge is 2.04. The highest BCUT2D eigenvalue weighted by molar-refractivity contribution is 9.10. The van der Waals surface area contributed by atoms with Crippen molar-refractivity contribution >= 4 is 27.7 Å². The minimum atomic E-state index is 0.0342. The largest absolute Gasteiger partial charge is 0.392 e. The lowest BCUT2D eigenvalue weighted by Crippen LogP contribution is -1.89. The van der Waals surface area contributed by atoms with Crippen LogP contribution in [0.5, 0.6) is 0 Å². The number of rotatable bonds is 3. The van der Waals surface area contributed by atoms with Crippen molar-refractivity contribution in [2.24, 2.45) is 0 Å². The number of aromatic nitrogens is 2. The Bertz CT molecular complexity index is 534. The Kier molecular flexibility index (Phi) is 4.15. The molecule has 1 N–H and O–H groups in total. The van der Waals surface area contributed by atoms with Crippen molar-refractivity contribution < 1.29 is 5.11 Å². The van der Waals surface area contributed by atoms with Gasteiger partial charge in [0.05, 0.1) is 6.61 Å². The van der Waals surface area contributed by atoms with Crippen molar-refractivity contribution in [1.29, 1.82) is 0 Å². The molecule has 0 atom stereocenters. The molecule has 1 aromatic heterocycles. The van der Waals surface area contributed by atoms with E-state index >= 15 is 0 Å². The number of aryl methyl sites for hydroxylation is 1. The molecule has 0 radical (unpaired) electrons. The summed E-state index contributed by atoms with van der Waals surface area (Å²) in [5.74, 6) is 0. The zero-order chi connectivity index (χ0) is 12.3. The summed E-state index contributed by atoms with van der Waals surface area (Å²) in [6.07, 6.45) is 1.75. The topological polar surface area (TPSA) is 46.0 Å². The average molecular weight is 311 g/mol. The SMILES string of the molecule is Cc1ccnc(Sc2ccc(CO)c(Br)c2)n1. The molecule has 5 heteroatoms. The normalized spacial score (nSPS) is 10.5. The molecule has 2 aromatic rings. The van der Waals surface area contributed by atoms with Crippen molar-refractivity contribution in [2.45, 2.75) is 23.6 Å². The standard InChI is InChI=1S/C12H11BrN2OS/c1-8-4-5-14-12(15-8)17-10-3-2-9(7-16)11(13)6-10/h2-6,16H,7H2,1H3. The first-order chi connectivity index (χ1) is 8.19. The van der Waals surface area contributed by atoms with Gasteiger partial charge >= 0.3 is 0 Å². The second-order valence-corrected chi connectivity index (χ2v) is 5.39. The van der Waals surface area contributed by atoms with Gasteiger partial charge in [-0.3, -0.25) is 0 Å². The van der Waals surface area contributed by atoms with Gasteiger partial charge in [-0.25, -0.2) is 9.97 Å². The van der Waals surface area contributed by atoms with E-state index in [-0.39, 0.29) is 6.61 Å². The summed E-state index contributed by atoms with van der Waals surface area (Å²) in [7, 11) is 0. The highest BCUT2D eigenvalue weighted by Crippen LogP contribution is 2.28. The number of nitrogens with zero attached hydrogens (tertiary/aromatic N) is 2. The van der Waals surface area contributed by atoms with Gasteiger partial charge in [-0.1, -0.05) is 22.0 Å². The molecule has 0 fully saturated rings. The third-order valence-corrected chi connectivity index (χ3v) is 3.78. The summed E-state index contributed by atoms with van der Waals surface area (Å²) in [6, 6.07) is 7.67. The minimum absolute atomic E-state index is 0.0342. The van der Waals surface area contributed by atoms with Gasteiger partial charge in [0.2, 0.25) is 0 Å². The number of hydrogen-bond acceptors (Lipinski definition) is 4. The van der Waals surface area contributed by atoms with Crippen molar-refractivity contribution in [3.05, 3.63) is 46.2 Å². The van der Waals surface area contributed by atoms with Crippen LogP contribution < -0.4 is 0 Å². The third kappa shape index (κ3) is 3.28. The molecule has 3 nitrogen and oxygen atoms in total. The number of halogens is 1. The van der Waals surface area contributed by atoms with Gasteiger partial charge in [-0.2, -0.15) is 0 Å². The molecule has 0 unspecified atom stereocenters. The Morgan fingerprint density at radius 3 is 2.82 bits per heavy atom. The monoisotopic (exact) mass is 310 g/mol. The quantitative estimate of drug-likeness (QED) is 0.884. The predicted octanol–water partition coefficient (Wildman–Crippen LogP) is 3.19. The zero-order valence-corrected chi connectivity index (χ0v) is 11.6. The molecule has 0 amide bonds. The van der Waals surface area contributed by atoms with Crippen LogP contribution in [-0.4, -0.2) is 15.1 Å². The number of hydrogen-bond donors (Lipinski definition) is 1. The molecule has 0 aliphatic rings. The molecule has 0 aliphatic carbocycles. The summed E-state index contributed by atoms with van der Waals surface area (Å²) < 4.78 is 0.901. The van der Waals surface area contributed by atoms with Crippen LogP contribution in [0, 0.1) is 6.92 Å². The Labute approximate surface area is 112 Å². The molecule has 88 valence electrons. The van der Waals surface area contributed by atoms with Crippen LogP contribution in [0.4, 0.5) is 0 Å². The van der Waals surface area contributed by atoms with Crippen molar-refractivity contribution in [3.8, 4) is 0 Å². The second-order valence-electron chi connectivity index (χ2n) is 3.49. The van der Waals surface area contributed by atoms with Crippen molar-refractivity contribution in [1.82, 2.24) is 9.97 Å². The summed E-state index contributed by atoms with van der Waals surface area (Å²) >= 11 is 4.92. The van der Waals surface area contributed by atoms with E-state index in [1.807, 2.05) is 31.2 Å². The van der Waals surface area contributed by atoms with Crippen LogP contribution >= 0.6 is 27.7 Å². The molecule has 17 heavy (non-hydrogen) atoms. The van der Waals surface area contributed by atoms with Gasteiger partial charge < -0.3 is 5.11 Å². The van der Waals surface area contributed by atoms with E-state index in [0.29, 0.717) is 0 Å². The van der Waals surface area contributed by atoms with Crippen molar-refractivity contribution in [3.63, 3.8) is 0 Å². The summed E-state index contributed by atoms with van der Waals surface area (Å²) in [5.41, 5.74) is 1.83. The fourth-order valence-corrected chi connectivity index (χ4v) is 2.78. The van der Waals surface area contributed by atoms with Gasteiger partial charge in [0.25, 0.3) is 0 Å². The average Bonchev–Trinajstić information content (AvgIpc) is 2.29. The lowest BCUT2D eigenvalue weighted by molar-refractivity contribution is 0.281. The maximum absolute atomic E-state index is 9.07. The first-order valence-electron chi connectivity index (χ1n) is 5.06. The van der Waals surface area contributed by atoms with E-state index in [2.05, 4.69) is 25.9 Å². The third-order valence-electron chi connectivity index (χ3n) is 2.18. The van der Waals surface area contributed by atoms with Gasteiger partial charge in [0.1, 0.15) is 0 Å². The number of benzene rings is 1. The van der Waals surface area contributed by atoms with E-state index in [1.165, 1.54) is 11.8 Å². The summed E-state index contributed by atoms with van der Waals surface area (Å²) in [6.45, 7) is 1.98. The summed E-state index contributed by atoms with van der Waals surface area (Å²) in [5, 5.41) is 9.80. The van der Waals surface area contributed by atoms with Gasteiger partial charge in [0.15, 0.2) is 5.16 Å². The molecule has 0 spiro atoms. The maximum atomic E-state index is 9.07. The molecular formula is C12H11BrN2OS. The van der Waals surface area contributed by atoms with Crippen LogP contribution in [0.15, 0.2) is 45.0 Å². The van der Waals surface area contributed by atoms with Gasteiger partial charge in [0, 0.05) is 21.3 Å². The van der Waals surface area contributed by atoms with E-state index in [1.54, 1.807) is 6.20 Å². The maximum Gasteiger partial charge on any atom is 0.192 e. The summed E-state index contributed by atoms with van der Waals surface area (Å²) in [4.78, 5) is 9.56. The minimum Gasteiger partial charge on any atom is -0.392 e. The van der Waals surface area contributed by atoms with Gasteiger partial charge in [-0.05, 0) is 42.4 Å². The number of aliphatic hydroxyl groups excluding tert-OH is 1. The lowest BCUT2D eigenvalue weighted by Gasteiger charge is -2.04. The van der Waals surface area contributed by atoms with Gasteiger partial charge in [-0.15, -0.1) is 0 Å². The Morgan fingerprint density at radius 1 is 1.35 bits per heavy atom. The van der Waals surface area contributed by atoms with Crippen LogP contribution in [0.25, 0.3) is 0 Å². The molecule has 1 heterocycles. The van der Waals surface area contributed by atoms with Crippen LogP contribution in [-0.2, 0) is 6.61 Å². The molecule has 0 bridgehead atoms. The fourth-order valence-electron chi connectivity index (χ4n) is 1.30. The smallest absolute Gasteiger partial charge is 0.192 e.